The van der Waals surface area contributed by atoms with Gasteiger partial charge < -0.3 is 33.9 Å². The maximum Gasteiger partial charge on any atom is 0.338 e. The molecule has 4 aromatic rings. The zero-order chi connectivity index (χ0) is 45.6. The average molecular weight is 904 g/mol. The first kappa shape index (κ1) is 43.7. The van der Waals surface area contributed by atoms with Gasteiger partial charge in [0.05, 0.1) is 25.8 Å². The van der Waals surface area contributed by atoms with Gasteiger partial charge in [0.2, 0.25) is 0 Å². The fourth-order valence-electron chi connectivity index (χ4n) is 13.8. The highest BCUT2D eigenvalue weighted by Crippen LogP contribution is 2.68. The second kappa shape index (κ2) is 16.0. The Morgan fingerprint density at radius 1 is 1.00 bits per heavy atom. The van der Waals surface area contributed by atoms with Crippen molar-refractivity contribution in [2.75, 3.05) is 65.5 Å². The predicted octanol–water partition coefficient (Wildman–Crippen LogP) is 7.13. The van der Waals surface area contributed by atoms with Gasteiger partial charge in [0, 0.05) is 96.0 Å². The molecule has 1 saturated heterocycles. The molecule has 2 bridgehead atoms. The molecule has 1 unspecified atom stereocenters. The van der Waals surface area contributed by atoms with Gasteiger partial charge in [-0.15, -0.1) is 0 Å². The minimum atomic E-state index is -1.94. The number of carbonyl (C=O) groups excluding carboxylic acids is 3. The molecule has 1 aromatic heterocycles. The summed E-state index contributed by atoms with van der Waals surface area (Å²) in [5.41, 5.74) is 1.93. The van der Waals surface area contributed by atoms with Crippen molar-refractivity contribution in [1.29, 1.82) is 0 Å². The molecule has 12 nitrogen and oxygen atoms in total. The van der Waals surface area contributed by atoms with E-state index < -0.39 is 52.5 Å². The van der Waals surface area contributed by atoms with E-state index in [0.29, 0.717) is 48.7 Å². The molecule has 342 valence electrons. The van der Waals surface area contributed by atoms with E-state index in [4.69, 9.17) is 30.5 Å². The Bertz CT molecular complexity index is 2640. The predicted molar refractivity (Wildman–Crippen MR) is 249 cm³/mol. The number of benzene rings is 3. The zero-order valence-corrected chi connectivity index (χ0v) is 38.9. The van der Waals surface area contributed by atoms with Gasteiger partial charge in [0.25, 0.3) is 0 Å². The molecule has 0 radical (unpaired) electrons. The first-order chi connectivity index (χ1) is 31.3. The van der Waals surface area contributed by atoms with Crippen LogP contribution in [0.3, 0.4) is 0 Å². The van der Waals surface area contributed by atoms with Gasteiger partial charge in [0.1, 0.15) is 23.9 Å². The standard InChI is InChI=1S/C52H59ClN4O8/c1-7-32-24-33-27-51(48(60)63-6,43-37(18-22-56(28-32)29-33)36-12-9-10-13-40(36)54-43)39-25-38-41(26-42(39)62-5)55(4)46-50(38)20-23-57-21-11-19-49(8-2,45(50)57)47(65-31(3)58)52(46,61)30-64-44(59)34-14-16-35(53)17-15-34/h9-17,19,24-26,33,45-47,54,61H,7-8,18,20-23,27-30H2,1-6H3/t33-,45+,46+,47+,49+,50-,51-,52-/m0/s1. The number of H-pyrrole nitrogens is 1. The Labute approximate surface area is 385 Å². The van der Waals surface area contributed by atoms with E-state index in [9.17, 15) is 14.7 Å². The quantitative estimate of drug-likeness (QED) is 0.101. The Morgan fingerprint density at radius 3 is 2.51 bits per heavy atom. The van der Waals surface area contributed by atoms with Crippen molar-refractivity contribution in [2.45, 2.75) is 87.5 Å². The van der Waals surface area contributed by atoms with Gasteiger partial charge in [-0.2, -0.15) is 0 Å². The van der Waals surface area contributed by atoms with E-state index in [2.05, 4.69) is 70.0 Å². The monoisotopic (exact) mass is 902 g/mol. The number of aromatic nitrogens is 1. The molecular formula is C52H59ClN4O8. The zero-order valence-electron chi connectivity index (χ0n) is 38.1. The third-order valence-electron chi connectivity index (χ3n) is 16.2. The molecule has 5 aliphatic heterocycles. The molecule has 3 aromatic carbocycles. The van der Waals surface area contributed by atoms with E-state index in [1.807, 2.05) is 25.2 Å². The topological polar surface area (TPSA) is 134 Å². The Kier molecular flexibility index (Phi) is 10.8. The van der Waals surface area contributed by atoms with Crippen molar-refractivity contribution in [3.63, 3.8) is 0 Å². The molecular weight excluding hydrogens is 844 g/mol. The number of rotatable bonds is 9. The molecule has 65 heavy (non-hydrogen) atoms. The lowest BCUT2D eigenvalue weighted by Gasteiger charge is -2.64. The van der Waals surface area contributed by atoms with Crippen molar-refractivity contribution < 1.29 is 38.4 Å². The van der Waals surface area contributed by atoms with Crippen LogP contribution in [0.4, 0.5) is 5.69 Å². The van der Waals surface area contributed by atoms with Crippen LogP contribution in [-0.4, -0.2) is 122 Å². The summed E-state index contributed by atoms with van der Waals surface area (Å²) in [4.78, 5) is 53.5. The van der Waals surface area contributed by atoms with Crippen LogP contribution in [0, 0.1) is 11.3 Å². The van der Waals surface area contributed by atoms with Crippen molar-refractivity contribution in [3.8, 4) is 5.75 Å². The largest absolute Gasteiger partial charge is 0.496 e. The summed E-state index contributed by atoms with van der Waals surface area (Å²) in [6.07, 6.45) is 8.75. The lowest BCUT2D eigenvalue weighted by Crippen LogP contribution is -2.80. The number of para-hydroxylation sites is 1. The fraction of sp³-hybridized carbons (Fsp3) is 0.481. The number of hydrogen-bond acceptors (Lipinski definition) is 11. The average Bonchev–Trinajstić information content (AvgIpc) is 3.97. The molecule has 1 spiro atoms. The van der Waals surface area contributed by atoms with E-state index in [0.717, 1.165) is 65.9 Å². The van der Waals surface area contributed by atoms with Gasteiger partial charge >= 0.3 is 17.9 Å². The first-order valence-electron chi connectivity index (χ1n) is 23.1. The van der Waals surface area contributed by atoms with Crippen LogP contribution in [0.1, 0.15) is 79.2 Å². The number of aliphatic hydroxyl groups is 1. The third-order valence-corrected chi connectivity index (χ3v) is 16.4. The number of hydrogen-bond donors (Lipinski definition) is 2. The van der Waals surface area contributed by atoms with E-state index >= 15 is 4.79 Å². The van der Waals surface area contributed by atoms with E-state index in [1.54, 1.807) is 31.4 Å². The second-order valence-corrected chi connectivity index (χ2v) is 19.7. The number of likely N-dealkylation sites (N-methyl/N-ethyl adjacent to an activating group) is 1. The van der Waals surface area contributed by atoms with Gasteiger partial charge in [-0.25, -0.2) is 4.79 Å². The molecule has 10 rings (SSSR count). The molecule has 6 aliphatic rings. The summed E-state index contributed by atoms with van der Waals surface area (Å²) in [7, 11) is 5.07. The number of fused-ring (bicyclic) bond motifs is 6. The SMILES string of the molecule is CCC1=C[C@@H]2CN(CCc3c([nH]c4ccccc34)[C@@](C(=O)OC)(c3cc4c(cc3OC)N(C)[C@H]3[C@@](O)(COC(=O)c5ccc(Cl)cc5)[C@H](OC(C)=O)[C@]5(CC)C=CCN6CC[C@@]43[C@H]65)C2)C1. The van der Waals surface area contributed by atoms with Crippen LogP contribution in [-0.2, 0) is 41.1 Å². The summed E-state index contributed by atoms with van der Waals surface area (Å²) >= 11 is 6.18. The number of aromatic amines is 1. The minimum Gasteiger partial charge on any atom is -0.496 e. The second-order valence-electron chi connectivity index (χ2n) is 19.3. The number of ether oxygens (including phenoxy) is 4. The number of nitrogens with one attached hydrogen (secondary N) is 1. The Hall–Kier alpha value is -5.14. The molecule has 1 saturated carbocycles. The number of halogens is 1. The Morgan fingerprint density at radius 2 is 1.78 bits per heavy atom. The molecule has 2 fully saturated rings. The highest BCUT2D eigenvalue weighted by molar-refractivity contribution is 6.30. The third kappa shape index (κ3) is 6.30. The van der Waals surface area contributed by atoms with E-state index in [-0.39, 0.29) is 23.5 Å². The smallest absolute Gasteiger partial charge is 0.338 e. The van der Waals surface area contributed by atoms with Crippen LogP contribution < -0.4 is 9.64 Å². The molecule has 6 heterocycles. The molecule has 9 atom stereocenters. The maximum atomic E-state index is 15.4. The minimum absolute atomic E-state index is 0.0134. The number of nitrogens with zero attached hydrogens (tertiary/aromatic N) is 3. The van der Waals surface area contributed by atoms with Crippen LogP contribution in [0.15, 0.2) is 84.5 Å². The lowest BCUT2D eigenvalue weighted by molar-refractivity contribution is -0.228. The van der Waals surface area contributed by atoms with Gasteiger partial charge in [-0.1, -0.05) is 67.4 Å². The van der Waals surface area contributed by atoms with Gasteiger partial charge in [-0.3, -0.25) is 19.4 Å². The Balaban J connectivity index is 1.23. The van der Waals surface area contributed by atoms with Gasteiger partial charge in [-0.05, 0) is 92.1 Å². The van der Waals surface area contributed by atoms with Crippen molar-refractivity contribution in [3.05, 3.63) is 117 Å². The van der Waals surface area contributed by atoms with Crippen molar-refractivity contribution >= 4 is 46.1 Å². The lowest BCUT2D eigenvalue weighted by atomic mass is 9.47. The highest BCUT2D eigenvalue weighted by Gasteiger charge is 2.78. The normalized spacial score (nSPS) is 32.2. The summed E-state index contributed by atoms with van der Waals surface area (Å²) in [6, 6.07) is 17.9. The summed E-state index contributed by atoms with van der Waals surface area (Å²) in [6.45, 7) is 9.08. The van der Waals surface area contributed by atoms with Crippen LogP contribution >= 0.6 is 11.6 Å². The number of esters is 3. The van der Waals surface area contributed by atoms with Crippen LogP contribution in [0.2, 0.25) is 5.02 Å². The number of carbonyl (C=O) groups is 3. The number of anilines is 1. The van der Waals surface area contributed by atoms with Gasteiger partial charge in [0.15, 0.2) is 5.60 Å². The van der Waals surface area contributed by atoms with Crippen LogP contribution in [0.5, 0.6) is 5.75 Å². The number of methoxy groups -OCH3 is 2. The first-order valence-corrected chi connectivity index (χ1v) is 23.5. The molecule has 0 amide bonds. The highest BCUT2D eigenvalue weighted by atomic mass is 35.5. The summed E-state index contributed by atoms with van der Waals surface area (Å²) < 4.78 is 25.0. The summed E-state index contributed by atoms with van der Waals surface area (Å²) in [5.74, 6) is -1.03. The fourth-order valence-corrected chi connectivity index (χ4v) is 13.9. The molecule has 1 aliphatic carbocycles. The molecule has 13 heteroatoms. The van der Waals surface area contributed by atoms with E-state index in [1.165, 1.54) is 19.6 Å². The van der Waals surface area contributed by atoms with Crippen molar-refractivity contribution in [1.82, 2.24) is 14.8 Å². The van der Waals surface area contributed by atoms with Crippen LogP contribution in [0.25, 0.3) is 10.9 Å². The molecule has 2 N–H and O–H groups in total. The summed E-state index contributed by atoms with van der Waals surface area (Å²) in [5, 5.41) is 15.4. The van der Waals surface area contributed by atoms with Crippen molar-refractivity contribution in [2.24, 2.45) is 11.3 Å². The maximum absolute atomic E-state index is 15.4.